The van der Waals surface area contributed by atoms with E-state index >= 15 is 0 Å². The molecule has 1 unspecified atom stereocenters. The predicted octanol–water partition coefficient (Wildman–Crippen LogP) is 1.26. The van der Waals surface area contributed by atoms with Gasteiger partial charge in [-0.3, -0.25) is 13.5 Å². The van der Waals surface area contributed by atoms with Gasteiger partial charge in [-0.2, -0.15) is 4.21 Å². The molecule has 15 heavy (non-hydrogen) atoms. The molecule has 1 aliphatic carbocycles. The van der Waals surface area contributed by atoms with Crippen molar-refractivity contribution in [2.75, 3.05) is 6.61 Å². The van der Waals surface area contributed by atoms with Gasteiger partial charge in [0.05, 0.1) is 18.6 Å². The summed E-state index contributed by atoms with van der Waals surface area (Å²) < 4.78 is 28.6. The molecule has 1 atom stereocenters. The van der Waals surface area contributed by atoms with E-state index < -0.39 is 11.4 Å². The zero-order chi connectivity index (χ0) is 11.3. The van der Waals surface area contributed by atoms with E-state index in [0.717, 1.165) is 0 Å². The van der Waals surface area contributed by atoms with E-state index in [4.69, 9.17) is 13.5 Å². The van der Waals surface area contributed by atoms with Crippen molar-refractivity contribution in [2.45, 2.75) is 38.7 Å². The van der Waals surface area contributed by atoms with Gasteiger partial charge in [0, 0.05) is 0 Å². The van der Waals surface area contributed by atoms with Crippen LogP contribution in [0, 0.1) is 5.92 Å². The van der Waals surface area contributed by atoms with Crippen molar-refractivity contribution in [3.05, 3.63) is 0 Å². The maximum absolute atomic E-state index is 11.4. The van der Waals surface area contributed by atoms with E-state index in [2.05, 4.69) is 0 Å². The SMILES string of the molecule is CCOC(=O)C1CCC(OS(=O)O)CC1. The Morgan fingerprint density at radius 1 is 1.40 bits per heavy atom. The zero-order valence-corrected chi connectivity index (χ0v) is 9.50. The Balaban J connectivity index is 2.29. The smallest absolute Gasteiger partial charge is 0.308 e. The molecule has 1 fully saturated rings. The largest absolute Gasteiger partial charge is 0.466 e. The molecule has 0 bridgehead atoms. The molecule has 0 aromatic heterocycles. The molecule has 0 radical (unpaired) electrons. The molecule has 88 valence electrons. The van der Waals surface area contributed by atoms with Crippen molar-refractivity contribution < 1.29 is 22.5 Å². The molecule has 5 nitrogen and oxygen atoms in total. The highest BCUT2D eigenvalue weighted by molar-refractivity contribution is 7.74. The van der Waals surface area contributed by atoms with Crippen LogP contribution < -0.4 is 0 Å². The molecule has 1 saturated carbocycles. The van der Waals surface area contributed by atoms with E-state index in [1.165, 1.54) is 0 Å². The predicted molar refractivity (Wildman–Crippen MR) is 54.2 cm³/mol. The Morgan fingerprint density at radius 2 is 2.00 bits per heavy atom. The van der Waals surface area contributed by atoms with Gasteiger partial charge in [-0.05, 0) is 32.6 Å². The van der Waals surface area contributed by atoms with Crippen LogP contribution in [-0.4, -0.2) is 27.4 Å². The molecule has 0 aromatic carbocycles. The first-order valence-corrected chi connectivity index (χ1v) is 6.11. The fourth-order valence-electron chi connectivity index (χ4n) is 1.77. The van der Waals surface area contributed by atoms with Crippen molar-refractivity contribution >= 4 is 17.3 Å². The Kier molecular flexibility index (Phi) is 5.21. The first-order chi connectivity index (χ1) is 7.13. The summed E-state index contributed by atoms with van der Waals surface area (Å²) in [5, 5.41) is 0. The maximum Gasteiger partial charge on any atom is 0.308 e. The first-order valence-electron chi connectivity index (χ1n) is 5.08. The highest BCUT2D eigenvalue weighted by Gasteiger charge is 2.28. The van der Waals surface area contributed by atoms with Crippen LogP contribution in [0.3, 0.4) is 0 Å². The van der Waals surface area contributed by atoms with E-state index in [9.17, 15) is 9.00 Å². The molecule has 0 saturated heterocycles. The van der Waals surface area contributed by atoms with Gasteiger partial charge in [0.2, 0.25) is 0 Å². The minimum atomic E-state index is -2.20. The van der Waals surface area contributed by atoms with Gasteiger partial charge in [0.15, 0.2) is 0 Å². The number of ether oxygens (including phenoxy) is 1. The average molecular weight is 236 g/mol. The molecule has 0 amide bonds. The molecule has 1 aliphatic rings. The van der Waals surface area contributed by atoms with Crippen LogP contribution in [-0.2, 0) is 25.1 Å². The Bertz CT molecular complexity index is 235. The van der Waals surface area contributed by atoms with Crippen molar-refractivity contribution in [3.63, 3.8) is 0 Å². The Morgan fingerprint density at radius 3 is 2.47 bits per heavy atom. The third kappa shape index (κ3) is 4.27. The summed E-state index contributed by atoms with van der Waals surface area (Å²) in [6, 6.07) is 0. The van der Waals surface area contributed by atoms with Crippen LogP contribution >= 0.6 is 0 Å². The maximum atomic E-state index is 11.4. The van der Waals surface area contributed by atoms with E-state index in [-0.39, 0.29) is 18.0 Å². The average Bonchev–Trinajstić information content (AvgIpc) is 2.18. The monoisotopic (exact) mass is 236 g/mol. The lowest BCUT2D eigenvalue weighted by Crippen LogP contribution is -2.27. The molecule has 1 N–H and O–H groups in total. The van der Waals surface area contributed by atoms with Crippen LogP contribution in [0.5, 0.6) is 0 Å². The fourth-order valence-corrected chi connectivity index (χ4v) is 2.20. The van der Waals surface area contributed by atoms with Crippen LogP contribution in [0.25, 0.3) is 0 Å². The number of carbonyl (C=O) groups is 1. The molecular weight excluding hydrogens is 220 g/mol. The third-order valence-corrected chi connectivity index (χ3v) is 2.95. The van der Waals surface area contributed by atoms with Crippen LogP contribution in [0.15, 0.2) is 0 Å². The Labute approximate surface area is 91.6 Å². The van der Waals surface area contributed by atoms with E-state index in [1.54, 1.807) is 6.92 Å². The zero-order valence-electron chi connectivity index (χ0n) is 8.68. The summed E-state index contributed by atoms with van der Waals surface area (Å²) in [5.41, 5.74) is 0. The van der Waals surface area contributed by atoms with Gasteiger partial charge in [-0.1, -0.05) is 0 Å². The summed E-state index contributed by atoms with van der Waals surface area (Å²) in [6.45, 7) is 2.18. The van der Waals surface area contributed by atoms with Crippen LogP contribution in [0.1, 0.15) is 32.6 Å². The Hall–Kier alpha value is -0.460. The number of esters is 1. The quantitative estimate of drug-likeness (QED) is 0.587. The van der Waals surface area contributed by atoms with Crippen LogP contribution in [0.4, 0.5) is 0 Å². The highest BCUT2D eigenvalue weighted by atomic mass is 32.2. The molecule has 0 heterocycles. The van der Waals surface area contributed by atoms with E-state index in [0.29, 0.717) is 32.3 Å². The molecule has 0 aromatic rings. The van der Waals surface area contributed by atoms with Gasteiger partial charge < -0.3 is 4.74 Å². The summed E-state index contributed by atoms with van der Waals surface area (Å²) in [6.07, 6.45) is 2.40. The summed E-state index contributed by atoms with van der Waals surface area (Å²) in [7, 11) is 0. The number of hydrogen-bond donors (Lipinski definition) is 1. The third-order valence-electron chi connectivity index (χ3n) is 2.51. The topological polar surface area (TPSA) is 72.8 Å². The second-order valence-corrected chi connectivity index (χ2v) is 4.17. The van der Waals surface area contributed by atoms with Gasteiger partial charge in [0.25, 0.3) is 0 Å². The van der Waals surface area contributed by atoms with Crippen molar-refractivity contribution in [1.29, 1.82) is 0 Å². The lowest BCUT2D eigenvalue weighted by atomic mass is 9.87. The molecule has 1 rings (SSSR count). The van der Waals surface area contributed by atoms with Crippen molar-refractivity contribution in [2.24, 2.45) is 5.92 Å². The standard InChI is InChI=1S/C9H16O5S/c1-2-13-9(10)7-3-5-8(6-4-7)14-15(11)12/h7-8H,2-6H2,1H3,(H,11,12). The van der Waals surface area contributed by atoms with Crippen molar-refractivity contribution in [3.8, 4) is 0 Å². The number of hydrogen-bond acceptors (Lipinski definition) is 4. The molecule has 6 heteroatoms. The van der Waals surface area contributed by atoms with Gasteiger partial charge in [-0.15, -0.1) is 0 Å². The summed E-state index contributed by atoms with van der Waals surface area (Å²) >= 11 is -2.20. The minimum Gasteiger partial charge on any atom is -0.466 e. The van der Waals surface area contributed by atoms with Crippen molar-refractivity contribution in [1.82, 2.24) is 0 Å². The lowest BCUT2D eigenvalue weighted by molar-refractivity contribution is -0.149. The minimum absolute atomic E-state index is 0.0723. The summed E-state index contributed by atoms with van der Waals surface area (Å²) in [5.74, 6) is -0.238. The highest BCUT2D eigenvalue weighted by Crippen LogP contribution is 2.27. The molecule has 0 spiro atoms. The fraction of sp³-hybridized carbons (Fsp3) is 0.889. The van der Waals surface area contributed by atoms with Gasteiger partial charge >= 0.3 is 17.3 Å². The van der Waals surface area contributed by atoms with Gasteiger partial charge in [0.1, 0.15) is 0 Å². The van der Waals surface area contributed by atoms with Crippen LogP contribution in [0.2, 0.25) is 0 Å². The van der Waals surface area contributed by atoms with E-state index in [1.807, 2.05) is 0 Å². The summed E-state index contributed by atoms with van der Waals surface area (Å²) in [4.78, 5) is 11.4. The number of rotatable bonds is 4. The lowest BCUT2D eigenvalue weighted by Gasteiger charge is -2.25. The first kappa shape index (κ1) is 12.6. The van der Waals surface area contributed by atoms with Gasteiger partial charge in [-0.25, -0.2) is 0 Å². The second kappa shape index (κ2) is 6.19. The molecule has 0 aliphatic heterocycles. The normalized spacial score (nSPS) is 28.4. The second-order valence-electron chi connectivity index (χ2n) is 3.54. The molecular formula is C9H16O5S. The number of carbonyl (C=O) groups excluding carboxylic acids is 1.